The van der Waals surface area contributed by atoms with E-state index in [1.165, 1.54) is 0 Å². The third-order valence-corrected chi connectivity index (χ3v) is 4.53. The lowest BCUT2D eigenvalue weighted by Crippen LogP contribution is -2.22. The van der Waals surface area contributed by atoms with E-state index in [4.69, 9.17) is 4.74 Å². The Morgan fingerprint density at radius 1 is 1.12 bits per heavy atom. The number of amides is 1. The summed E-state index contributed by atoms with van der Waals surface area (Å²) in [5.41, 5.74) is 3.90. The molecular weight excluding hydrogens is 394 g/mol. The van der Waals surface area contributed by atoms with Gasteiger partial charge >= 0.3 is 0 Å². The van der Waals surface area contributed by atoms with E-state index >= 15 is 0 Å². The molecular formula is C20H20BrN3O2. The molecule has 0 spiro atoms. The molecule has 0 aliphatic carbocycles. The zero-order valence-corrected chi connectivity index (χ0v) is 16.5. The Morgan fingerprint density at radius 2 is 1.77 bits per heavy atom. The summed E-state index contributed by atoms with van der Waals surface area (Å²) in [5, 5.41) is 7.36. The van der Waals surface area contributed by atoms with Gasteiger partial charge in [-0.3, -0.25) is 9.48 Å². The van der Waals surface area contributed by atoms with Crippen LogP contribution in [0.25, 0.3) is 11.1 Å². The third kappa shape index (κ3) is 4.14. The zero-order valence-electron chi connectivity index (χ0n) is 14.9. The number of carbonyl (C=O) groups is 1. The van der Waals surface area contributed by atoms with Crippen LogP contribution < -0.4 is 10.1 Å². The lowest BCUT2D eigenvalue weighted by molar-refractivity contribution is -0.118. The van der Waals surface area contributed by atoms with Crippen LogP contribution in [-0.4, -0.2) is 22.3 Å². The van der Waals surface area contributed by atoms with Crippen LogP contribution in [0.2, 0.25) is 0 Å². The number of hydrogen-bond donors (Lipinski definition) is 1. The van der Waals surface area contributed by atoms with E-state index in [-0.39, 0.29) is 12.5 Å². The monoisotopic (exact) mass is 413 g/mol. The number of anilines is 1. The number of carbonyl (C=O) groups excluding carboxylic acids is 1. The van der Waals surface area contributed by atoms with Crippen LogP contribution in [0.1, 0.15) is 11.3 Å². The van der Waals surface area contributed by atoms with E-state index < -0.39 is 0 Å². The molecule has 5 nitrogen and oxygen atoms in total. The number of halogens is 1. The molecule has 134 valence electrons. The number of ether oxygens (including phenoxy) is 1. The molecule has 0 atom stereocenters. The zero-order chi connectivity index (χ0) is 18.7. The Balaban J connectivity index is 1.75. The first-order valence-electron chi connectivity index (χ1n) is 8.23. The van der Waals surface area contributed by atoms with Crippen molar-refractivity contribution in [2.24, 2.45) is 7.05 Å². The fourth-order valence-corrected chi connectivity index (χ4v) is 2.98. The van der Waals surface area contributed by atoms with Crippen LogP contribution in [-0.2, 0) is 11.8 Å². The van der Waals surface area contributed by atoms with Crippen molar-refractivity contribution in [1.29, 1.82) is 0 Å². The van der Waals surface area contributed by atoms with E-state index in [9.17, 15) is 4.79 Å². The topological polar surface area (TPSA) is 56.1 Å². The minimum atomic E-state index is -0.230. The number of nitrogens with one attached hydrogen (secondary N) is 1. The van der Waals surface area contributed by atoms with Crippen molar-refractivity contribution in [2.75, 3.05) is 11.9 Å². The molecule has 3 aromatic rings. The summed E-state index contributed by atoms with van der Waals surface area (Å²) in [6, 6.07) is 15.5. The molecule has 0 radical (unpaired) electrons. The molecule has 1 N–H and O–H groups in total. The SMILES string of the molecule is Cc1ccc(OCC(=O)Nc2c(-c3ccc(Br)cc3)c(C)nn2C)cc1. The maximum Gasteiger partial charge on any atom is 0.263 e. The van der Waals surface area contributed by atoms with Gasteiger partial charge in [0.1, 0.15) is 11.6 Å². The van der Waals surface area contributed by atoms with Crippen molar-refractivity contribution >= 4 is 27.7 Å². The van der Waals surface area contributed by atoms with Gasteiger partial charge < -0.3 is 10.1 Å². The van der Waals surface area contributed by atoms with E-state index in [2.05, 4.69) is 26.3 Å². The summed E-state index contributed by atoms with van der Waals surface area (Å²) in [7, 11) is 1.81. The van der Waals surface area contributed by atoms with Gasteiger partial charge in [0.15, 0.2) is 6.61 Å². The summed E-state index contributed by atoms with van der Waals surface area (Å²) in [4.78, 5) is 12.4. The van der Waals surface area contributed by atoms with Crippen molar-refractivity contribution < 1.29 is 9.53 Å². The second kappa shape index (κ2) is 7.74. The average Bonchev–Trinajstić information content (AvgIpc) is 2.89. The maximum absolute atomic E-state index is 12.4. The highest BCUT2D eigenvalue weighted by Gasteiger charge is 2.17. The number of benzene rings is 2. The highest BCUT2D eigenvalue weighted by atomic mass is 79.9. The summed E-state index contributed by atoms with van der Waals surface area (Å²) in [6.07, 6.45) is 0. The maximum atomic E-state index is 12.4. The van der Waals surface area contributed by atoms with Gasteiger partial charge in [-0.25, -0.2) is 0 Å². The molecule has 0 unspecified atom stereocenters. The Labute approximate surface area is 161 Å². The smallest absolute Gasteiger partial charge is 0.263 e. The fraction of sp³-hybridized carbons (Fsp3) is 0.200. The van der Waals surface area contributed by atoms with Crippen LogP contribution in [0.3, 0.4) is 0 Å². The molecule has 0 fully saturated rings. The lowest BCUT2D eigenvalue weighted by atomic mass is 10.1. The first-order valence-corrected chi connectivity index (χ1v) is 9.02. The first kappa shape index (κ1) is 18.2. The van der Waals surface area contributed by atoms with Gasteiger partial charge in [0.25, 0.3) is 5.91 Å². The molecule has 0 saturated carbocycles. The molecule has 3 rings (SSSR count). The Hall–Kier alpha value is -2.60. The summed E-state index contributed by atoms with van der Waals surface area (Å²) in [6.45, 7) is 3.87. The number of rotatable bonds is 5. The average molecular weight is 414 g/mol. The summed E-state index contributed by atoms with van der Waals surface area (Å²) in [5.74, 6) is 1.09. The van der Waals surface area contributed by atoms with Gasteiger partial charge in [-0.15, -0.1) is 0 Å². The van der Waals surface area contributed by atoms with E-state index in [0.717, 1.165) is 26.9 Å². The largest absolute Gasteiger partial charge is 0.484 e. The normalized spacial score (nSPS) is 10.6. The van der Waals surface area contributed by atoms with Gasteiger partial charge in [-0.1, -0.05) is 45.8 Å². The molecule has 0 aliphatic rings. The van der Waals surface area contributed by atoms with Gasteiger partial charge in [-0.05, 0) is 43.7 Å². The Morgan fingerprint density at radius 3 is 2.42 bits per heavy atom. The minimum Gasteiger partial charge on any atom is -0.484 e. The number of aromatic nitrogens is 2. The molecule has 0 saturated heterocycles. The van der Waals surface area contributed by atoms with Crippen molar-refractivity contribution in [3.8, 4) is 16.9 Å². The number of hydrogen-bond acceptors (Lipinski definition) is 3. The number of nitrogens with zero attached hydrogens (tertiary/aromatic N) is 2. The quantitative estimate of drug-likeness (QED) is 0.670. The molecule has 6 heteroatoms. The number of aryl methyl sites for hydroxylation is 3. The second-order valence-electron chi connectivity index (χ2n) is 6.09. The highest BCUT2D eigenvalue weighted by Crippen LogP contribution is 2.31. The van der Waals surface area contributed by atoms with Crippen LogP contribution in [0.15, 0.2) is 53.0 Å². The summed E-state index contributed by atoms with van der Waals surface area (Å²) < 4.78 is 8.23. The van der Waals surface area contributed by atoms with Gasteiger partial charge in [0.2, 0.25) is 0 Å². The molecule has 0 aliphatic heterocycles. The molecule has 2 aromatic carbocycles. The van der Waals surface area contributed by atoms with E-state index in [1.54, 1.807) is 4.68 Å². The molecule has 1 aromatic heterocycles. The molecule has 1 amide bonds. The molecule has 1 heterocycles. The minimum absolute atomic E-state index is 0.0624. The summed E-state index contributed by atoms with van der Waals surface area (Å²) >= 11 is 3.44. The van der Waals surface area contributed by atoms with E-state index in [1.807, 2.05) is 69.4 Å². The van der Waals surface area contributed by atoms with Gasteiger partial charge in [0, 0.05) is 17.1 Å². The van der Waals surface area contributed by atoms with Crippen LogP contribution >= 0.6 is 15.9 Å². The molecule has 0 bridgehead atoms. The standard InChI is InChI=1S/C20H20BrN3O2/c1-13-4-10-17(11-5-13)26-12-18(25)22-20-19(14(2)23-24(20)3)15-6-8-16(21)9-7-15/h4-11H,12H2,1-3H3,(H,22,25). The van der Waals surface area contributed by atoms with Crippen LogP contribution in [0, 0.1) is 13.8 Å². The van der Waals surface area contributed by atoms with Crippen molar-refractivity contribution in [1.82, 2.24) is 9.78 Å². The third-order valence-electron chi connectivity index (χ3n) is 4.00. The second-order valence-corrected chi connectivity index (χ2v) is 7.01. The first-order chi connectivity index (χ1) is 12.4. The van der Waals surface area contributed by atoms with Crippen molar-refractivity contribution in [3.05, 3.63) is 64.3 Å². The lowest BCUT2D eigenvalue weighted by Gasteiger charge is -2.10. The Bertz CT molecular complexity index is 915. The predicted octanol–water partition coefficient (Wildman–Crippen LogP) is 4.48. The highest BCUT2D eigenvalue weighted by molar-refractivity contribution is 9.10. The van der Waals surface area contributed by atoms with Crippen LogP contribution in [0.4, 0.5) is 5.82 Å². The van der Waals surface area contributed by atoms with Crippen LogP contribution in [0.5, 0.6) is 5.75 Å². The van der Waals surface area contributed by atoms with E-state index in [0.29, 0.717) is 11.6 Å². The van der Waals surface area contributed by atoms with Gasteiger partial charge in [0.05, 0.1) is 5.69 Å². The van der Waals surface area contributed by atoms with Gasteiger partial charge in [-0.2, -0.15) is 5.10 Å². The fourth-order valence-electron chi connectivity index (χ4n) is 2.72. The Kier molecular flexibility index (Phi) is 5.42. The van der Waals surface area contributed by atoms with Crippen molar-refractivity contribution in [3.63, 3.8) is 0 Å². The molecule has 26 heavy (non-hydrogen) atoms. The predicted molar refractivity (Wildman–Crippen MR) is 106 cm³/mol. The van der Waals surface area contributed by atoms with Crippen molar-refractivity contribution in [2.45, 2.75) is 13.8 Å².